The Labute approximate surface area is 197 Å². The highest BCUT2D eigenvalue weighted by Crippen LogP contribution is 2.26. The van der Waals surface area contributed by atoms with Gasteiger partial charge in [0.2, 0.25) is 15.9 Å². The fraction of sp³-hybridized carbons (Fsp3) is 0.480. The second-order valence-corrected chi connectivity index (χ2v) is 11.2. The highest BCUT2D eigenvalue weighted by atomic mass is 32.2. The summed E-state index contributed by atoms with van der Waals surface area (Å²) in [4.78, 5) is 18.1. The minimum Gasteiger partial charge on any atom is -0.324 e. The summed E-state index contributed by atoms with van der Waals surface area (Å²) in [7, 11) is -1.41. The molecule has 8 heteroatoms. The first-order chi connectivity index (χ1) is 15.8. The summed E-state index contributed by atoms with van der Waals surface area (Å²) in [6.07, 6.45) is 1.78. The van der Waals surface area contributed by atoms with Crippen LogP contribution >= 0.6 is 0 Å². The van der Waals surface area contributed by atoms with Crippen LogP contribution in [0.2, 0.25) is 0 Å². The Morgan fingerprint density at radius 1 is 0.909 bits per heavy atom. The molecule has 2 aliphatic rings. The molecule has 1 N–H and O–H groups in total. The summed E-state index contributed by atoms with van der Waals surface area (Å²) in [6, 6.07) is 16.0. The van der Waals surface area contributed by atoms with Gasteiger partial charge in [0.1, 0.15) is 6.04 Å². The number of nitrogens with one attached hydrogen (secondary N) is 1. The lowest BCUT2D eigenvalue weighted by Crippen LogP contribution is -2.48. The molecule has 2 aliphatic heterocycles. The molecule has 7 nitrogen and oxygen atoms in total. The molecular weight excluding hydrogens is 436 g/mol. The highest BCUT2D eigenvalue weighted by Gasteiger charge is 2.31. The fourth-order valence-corrected chi connectivity index (χ4v) is 6.01. The first-order valence-corrected chi connectivity index (χ1v) is 13.2. The number of piperazine rings is 1. The number of benzene rings is 2. The number of rotatable bonds is 6. The number of hydrogen-bond acceptors (Lipinski definition) is 5. The molecule has 2 fully saturated rings. The van der Waals surface area contributed by atoms with Gasteiger partial charge < -0.3 is 10.2 Å². The van der Waals surface area contributed by atoms with E-state index in [1.165, 1.54) is 0 Å². The van der Waals surface area contributed by atoms with Gasteiger partial charge in [0, 0.05) is 45.0 Å². The smallest absolute Gasteiger partial charge is 0.246 e. The number of carbonyl (C=O) groups excluding carboxylic acids is 1. The van der Waals surface area contributed by atoms with Crippen LogP contribution in [0.5, 0.6) is 0 Å². The van der Waals surface area contributed by atoms with E-state index in [0.29, 0.717) is 24.7 Å². The number of piperidine rings is 1. The van der Waals surface area contributed by atoms with Crippen molar-refractivity contribution in [3.63, 3.8) is 0 Å². The molecule has 0 aliphatic carbocycles. The summed E-state index contributed by atoms with van der Waals surface area (Å²) in [6.45, 7) is 6.74. The van der Waals surface area contributed by atoms with Crippen LogP contribution in [-0.4, -0.2) is 74.7 Å². The molecule has 0 saturated carbocycles. The van der Waals surface area contributed by atoms with Crippen molar-refractivity contribution in [2.24, 2.45) is 5.92 Å². The van der Waals surface area contributed by atoms with Gasteiger partial charge in [-0.3, -0.25) is 9.69 Å². The topological polar surface area (TPSA) is 73.0 Å². The van der Waals surface area contributed by atoms with E-state index in [0.717, 1.165) is 44.6 Å². The van der Waals surface area contributed by atoms with Gasteiger partial charge in [0.25, 0.3) is 0 Å². The second kappa shape index (κ2) is 10.3. The molecule has 33 heavy (non-hydrogen) atoms. The van der Waals surface area contributed by atoms with E-state index < -0.39 is 16.1 Å². The zero-order chi connectivity index (χ0) is 23.4. The van der Waals surface area contributed by atoms with E-state index in [1.54, 1.807) is 28.6 Å². The maximum Gasteiger partial charge on any atom is 0.246 e. The summed E-state index contributed by atoms with van der Waals surface area (Å²) < 4.78 is 27.5. The third kappa shape index (κ3) is 5.63. The van der Waals surface area contributed by atoms with Crippen LogP contribution in [0.25, 0.3) is 0 Å². The Morgan fingerprint density at radius 2 is 1.52 bits per heavy atom. The molecular formula is C25H34N4O3S. The van der Waals surface area contributed by atoms with Crippen molar-refractivity contribution in [2.45, 2.75) is 30.7 Å². The van der Waals surface area contributed by atoms with E-state index in [2.05, 4.69) is 29.1 Å². The second-order valence-electron chi connectivity index (χ2n) is 9.25. The molecule has 1 unspecified atom stereocenters. The Hall–Kier alpha value is -2.26. The fourth-order valence-electron chi connectivity index (χ4n) is 4.54. The predicted molar refractivity (Wildman–Crippen MR) is 130 cm³/mol. The number of amides is 1. The Bertz CT molecular complexity index is 1030. The minimum atomic E-state index is -3.50. The number of hydrogen-bond donors (Lipinski definition) is 1. The molecule has 0 radical (unpaired) electrons. The Balaban J connectivity index is 1.48. The van der Waals surface area contributed by atoms with Gasteiger partial charge in [-0.05, 0) is 55.6 Å². The van der Waals surface area contributed by atoms with Crippen LogP contribution in [0.15, 0.2) is 59.5 Å². The van der Waals surface area contributed by atoms with Crippen molar-refractivity contribution >= 4 is 21.6 Å². The van der Waals surface area contributed by atoms with E-state index in [9.17, 15) is 13.2 Å². The van der Waals surface area contributed by atoms with Crippen LogP contribution < -0.4 is 5.32 Å². The van der Waals surface area contributed by atoms with E-state index in [4.69, 9.17) is 0 Å². The first-order valence-electron chi connectivity index (χ1n) is 11.7. The normalized spacial score (nSPS) is 20.4. The molecule has 0 bridgehead atoms. The third-order valence-electron chi connectivity index (χ3n) is 6.77. The summed E-state index contributed by atoms with van der Waals surface area (Å²) in [5.41, 5.74) is 1.55. The number of sulfonamides is 1. The van der Waals surface area contributed by atoms with E-state index >= 15 is 0 Å². The molecule has 178 valence electrons. The lowest BCUT2D eigenvalue weighted by atomic mass is 10.0. The van der Waals surface area contributed by atoms with E-state index in [-0.39, 0.29) is 10.8 Å². The molecule has 2 aromatic rings. The standard InChI is InChI=1S/C25H34N4O3S/c1-20-12-14-29(15-13-20)33(31,32)23-10-8-22(9-11-23)26-25(30)24(21-6-4-3-5-7-21)28-18-16-27(2)17-19-28/h3-11,20,24H,12-19H2,1-2H3,(H,26,30). The zero-order valence-corrected chi connectivity index (χ0v) is 20.3. The van der Waals surface area contributed by atoms with Gasteiger partial charge in [-0.2, -0.15) is 4.31 Å². The Kier molecular flexibility index (Phi) is 7.48. The summed E-state index contributed by atoms with van der Waals surface area (Å²) >= 11 is 0. The lowest BCUT2D eigenvalue weighted by Gasteiger charge is -2.37. The SMILES string of the molecule is CC1CCN(S(=O)(=O)c2ccc(NC(=O)C(c3ccccc3)N3CCN(C)CC3)cc2)CC1. The summed E-state index contributed by atoms with van der Waals surface area (Å²) in [5, 5.41) is 3.01. The van der Waals surface area contributed by atoms with Crippen LogP contribution in [0.3, 0.4) is 0 Å². The van der Waals surface area contributed by atoms with Gasteiger partial charge >= 0.3 is 0 Å². The quantitative estimate of drug-likeness (QED) is 0.703. The monoisotopic (exact) mass is 470 g/mol. The molecule has 0 spiro atoms. The lowest BCUT2D eigenvalue weighted by molar-refractivity contribution is -0.122. The Morgan fingerprint density at radius 3 is 2.12 bits per heavy atom. The molecule has 4 rings (SSSR count). The number of carbonyl (C=O) groups is 1. The molecule has 2 saturated heterocycles. The molecule has 2 aromatic carbocycles. The average molecular weight is 471 g/mol. The first kappa shape index (κ1) is 23.9. The van der Waals surface area contributed by atoms with Gasteiger partial charge in [0.15, 0.2) is 0 Å². The van der Waals surface area contributed by atoms with Gasteiger partial charge in [0.05, 0.1) is 4.90 Å². The van der Waals surface area contributed by atoms with Crippen molar-refractivity contribution in [3.05, 3.63) is 60.2 Å². The van der Waals surface area contributed by atoms with Crippen LogP contribution in [0.4, 0.5) is 5.69 Å². The van der Waals surface area contributed by atoms with Crippen LogP contribution in [0.1, 0.15) is 31.4 Å². The third-order valence-corrected chi connectivity index (χ3v) is 8.68. The molecule has 1 amide bonds. The van der Waals surface area contributed by atoms with Crippen molar-refractivity contribution < 1.29 is 13.2 Å². The van der Waals surface area contributed by atoms with Crippen molar-refractivity contribution in [1.29, 1.82) is 0 Å². The maximum atomic E-state index is 13.4. The number of likely N-dealkylation sites (N-methyl/N-ethyl adjacent to an activating group) is 1. The molecule has 0 aromatic heterocycles. The van der Waals surface area contributed by atoms with Crippen molar-refractivity contribution in [1.82, 2.24) is 14.1 Å². The minimum absolute atomic E-state index is 0.105. The van der Waals surface area contributed by atoms with Crippen molar-refractivity contribution in [3.8, 4) is 0 Å². The molecule has 2 heterocycles. The number of nitrogens with zero attached hydrogens (tertiary/aromatic N) is 3. The summed E-state index contributed by atoms with van der Waals surface area (Å²) in [5.74, 6) is 0.457. The van der Waals surface area contributed by atoms with Gasteiger partial charge in [-0.25, -0.2) is 8.42 Å². The maximum absolute atomic E-state index is 13.4. The highest BCUT2D eigenvalue weighted by molar-refractivity contribution is 7.89. The van der Waals surface area contributed by atoms with Gasteiger partial charge in [-0.1, -0.05) is 37.3 Å². The molecule has 1 atom stereocenters. The van der Waals surface area contributed by atoms with Crippen molar-refractivity contribution in [2.75, 3.05) is 51.6 Å². The number of anilines is 1. The van der Waals surface area contributed by atoms with Crippen LogP contribution in [-0.2, 0) is 14.8 Å². The largest absolute Gasteiger partial charge is 0.324 e. The van der Waals surface area contributed by atoms with Gasteiger partial charge in [-0.15, -0.1) is 0 Å². The average Bonchev–Trinajstić information content (AvgIpc) is 2.82. The van der Waals surface area contributed by atoms with Crippen LogP contribution in [0, 0.1) is 5.92 Å². The van der Waals surface area contributed by atoms with E-state index in [1.807, 2.05) is 30.3 Å². The predicted octanol–water partition coefficient (Wildman–Crippen LogP) is 3.03. The zero-order valence-electron chi connectivity index (χ0n) is 19.5.